The van der Waals surface area contributed by atoms with Crippen molar-refractivity contribution in [2.24, 2.45) is 0 Å². The fraction of sp³-hybridized carbons (Fsp3) is 1.00. The second-order valence-electron chi connectivity index (χ2n) is 4.62. The number of hydrogen-bond acceptors (Lipinski definition) is 3. The quantitative estimate of drug-likeness (QED) is 0.696. The maximum atomic E-state index is 8.81. The van der Waals surface area contributed by atoms with Gasteiger partial charge < -0.3 is 9.84 Å². The van der Waals surface area contributed by atoms with Gasteiger partial charge in [0.05, 0.1) is 12.7 Å². The van der Waals surface area contributed by atoms with Crippen molar-refractivity contribution < 1.29 is 9.84 Å². The first-order chi connectivity index (χ1) is 6.04. The molecule has 1 fully saturated rings. The first kappa shape index (κ1) is 11.0. The van der Waals surface area contributed by atoms with Crippen LogP contribution in [0.15, 0.2) is 0 Å². The van der Waals surface area contributed by atoms with Crippen LogP contribution in [0, 0.1) is 0 Å². The molecule has 0 amide bonds. The minimum absolute atomic E-state index is 0.220. The molecule has 1 rings (SSSR count). The zero-order valence-corrected chi connectivity index (χ0v) is 8.92. The van der Waals surface area contributed by atoms with E-state index in [1.807, 2.05) is 0 Å². The molecule has 0 bridgehead atoms. The molecular formula is C10H21NO2. The number of hydrogen-bond donors (Lipinski definition) is 1. The van der Waals surface area contributed by atoms with Crippen molar-refractivity contribution in [3.8, 4) is 0 Å². The molecule has 3 heteroatoms. The Hall–Kier alpha value is -0.120. The summed E-state index contributed by atoms with van der Waals surface area (Å²) in [7, 11) is 0. The topological polar surface area (TPSA) is 32.7 Å². The van der Waals surface area contributed by atoms with Gasteiger partial charge in [0, 0.05) is 25.2 Å². The Morgan fingerprint density at radius 3 is 2.69 bits per heavy atom. The highest BCUT2D eigenvalue weighted by atomic mass is 16.5. The van der Waals surface area contributed by atoms with Gasteiger partial charge in [-0.3, -0.25) is 4.90 Å². The van der Waals surface area contributed by atoms with Crippen LogP contribution in [0.4, 0.5) is 0 Å². The van der Waals surface area contributed by atoms with Gasteiger partial charge in [0.25, 0.3) is 0 Å². The predicted octanol–water partition coefficient (Wildman–Crippen LogP) is 0.868. The van der Waals surface area contributed by atoms with Crippen LogP contribution in [-0.4, -0.2) is 48.0 Å². The summed E-state index contributed by atoms with van der Waals surface area (Å²) in [4.78, 5) is 2.41. The fourth-order valence-corrected chi connectivity index (χ4v) is 1.65. The van der Waals surface area contributed by atoms with E-state index in [0.717, 1.165) is 26.1 Å². The minimum Gasteiger partial charge on any atom is -0.396 e. The first-order valence-corrected chi connectivity index (χ1v) is 5.01. The predicted molar refractivity (Wildman–Crippen MR) is 52.8 cm³/mol. The lowest BCUT2D eigenvalue weighted by Gasteiger charge is -2.41. The normalized spacial score (nSPS) is 26.3. The van der Waals surface area contributed by atoms with E-state index in [0.29, 0.717) is 0 Å². The van der Waals surface area contributed by atoms with Crippen molar-refractivity contribution in [1.82, 2.24) is 4.90 Å². The Balaban J connectivity index is 2.42. The molecule has 0 aliphatic carbocycles. The number of morpholine rings is 1. The number of ether oxygens (including phenoxy) is 1. The van der Waals surface area contributed by atoms with Gasteiger partial charge in [0.2, 0.25) is 0 Å². The van der Waals surface area contributed by atoms with Crippen LogP contribution in [0.3, 0.4) is 0 Å². The molecule has 1 atom stereocenters. The molecule has 1 saturated heterocycles. The van der Waals surface area contributed by atoms with Gasteiger partial charge in [-0.05, 0) is 27.2 Å². The third kappa shape index (κ3) is 3.25. The zero-order chi connectivity index (χ0) is 9.90. The Morgan fingerprint density at radius 1 is 1.46 bits per heavy atom. The SMILES string of the molecule is CC(C)(C)N1CCOC(CCO)C1. The van der Waals surface area contributed by atoms with Crippen LogP contribution in [-0.2, 0) is 4.74 Å². The summed E-state index contributed by atoms with van der Waals surface area (Å²) in [6, 6.07) is 0. The Kier molecular flexibility index (Phi) is 3.71. The molecule has 0 aromatic heterocycles. The van der Waals surface area contributed by atoms with Crippen molar-refractivity contribution >= 4 is 0 Å². The molecule has 0 radical (unpaired) electrons. The Labute approximate surface area is 80.7 Å². The summed E-state index contributed by atoms with van der Waals surface area (Å²) in [5.74, 6) is 0. The van der Waals surface area contributed by atoms with Gasteiger partial charge >= 0.3 is 0 Å². The average Bonchev–Trinajstić information content (AvgIpc) is 2.04. The Morgan fingerprint density at radius 2 is 2.15 bits per heavy atom. The van der Waals surface area contributed by atoms with Crippen LogP contribution < -0.4 is 0 Å². The molecule has 1 N–H and O–H groups in total. The van der Waals surface area contributed by atoms with Gasteiger partial charge in [0.15, 0.2) is 0 Å². The number of aliphatic hydroxyl groups excluding tert-OH is 1. The van der Waals surface area contributed by atoms with Crippen LogP contribution in [0.5, 0.6) is 0 Å². The number of aliphatic hydroxyl groups is 1. The maximum absolute atomic E-state index is 8.81. The van der Waals surface area contributed by atoms with E-state index in [2.05, 4.69) is 25.7 Å². The summed E-state index contributed by atoms with van der Waals surface area (Å²) >= 11 is 0. The van der Waals surface area contributed by atoms with E-state index in [1.165, 1.54) is 0 Å². The lowest BCUT2D eigenvalue weighted by molar-refractivity contribution is -0.0652. The van der Waals surface area contributed by atoms with E-state index in [1.54, 1.807) is 0 Å². The van der Waals surface area contributed by atoms with Gasteiger partial charge in [-0.25, -0.2) is 0 Å². The third-order valence-electron chi connectivity index (χ3n) is 2.54. The molecule has 13 heavy (non-hydrogen) atoms. The molecule has 0 spiro atoms. The molecule has 0 saturated carbocycles. The Bertz CT molecular complexity index is 151. The molecule has 1 unspecified atom stereocenters. The number of rotatable bonds is 2. The monoisotopic (exact) mass is 187 g/mol. The smallest absolute Gasteiger partial charge is 0.0724 e. The molecule has 0 aromatic rings. The van der Waals surface area contributed by atoms with Crippen molar-refractivity contribution in [1.29, 1.82) is 0 Å². The largest absolute Gasteiger partial charge is 0.396 e. The third-order valence-corrected chi connectivity index (χ3v) is 2.54. The van der Waals surface area contributed by atoms with Crippen molar-refractivity contribution in [3.05, 3.63) is 0 Å². The molecule has 0 aromatic carbocycles. The molecule has 1 aliphatic heterocycles. The summed E-state index contributed by atoms with van der Waals surface area (Å²) in [5, 5.41) is 8.81. The van der Waals surface area contributed by atoms with E-state index >= 15 is 0 Å². The van der Waals surface area contributed by atoms with Crippen LogP contribution in [0.2, 0.25) is 0 Å². The van der Waals surface area contributed by atoms with E-state index in [-0.39, 0.29) is 18.2 Å². The summed E-state index contributed by atoms with van der Waals surface area (Å²) in [5.41, 5.74) is 0.220. The average molecular weight is 187 g/mol. The summed E-state index contributed by atoms with van der Waals surface area (Å²) in [6.45, 7) is 9.62. The van der Waals surface area contributed by atoms with E-state index in [9.17, 15) is 0 Å². The standard InChI is InChI=1S/C10H21NO2/c1-10(2,3)11-5-7-13-9(8-11)4-6-12/h9,12H,4-8H2,1-3H3. The molecular weight excluding hydrogens is 166 g/mol. The highest BCUT2D eigenvalue weighted by Crippen LogP contribution is 2.18. The van der Waals surface area contributed by atoms with Gasteiger partial charge in [-0.15, -0.1) is 0 Å². The van der Waals surface area contributed by atoms with Gasteiger partial charge in [0.1, 0.15) is 0 Å². The highest BCUT2D eigenvalue weighted by molar-refractivity contribution is 4.81. The number of nitrogens with zero attached hydrogens (tertiary/aromatic N) is 1. The van der Waals surface area contributed by atoms with Gasteiger partial charge in [-0.1, -0.05) is 0 Å². The second-order valence-corrected chi connectivity index (χ2v) is 4.62. The lowest BCUT2D eigenvalue weighted by atomic mass is 10.0. The maximum Gasteiger partial charge on any atom is 0.0724 e. The second kappa shape index (κ2) is 4.40. The van der Waals surface area contributed by atoms with Crippen molar-refractivity contribution in [2.75, 3.05) is 26.3 Å². The molecule has 3 nitrogen and oxygen atoms in total. The van der Waals surface area contributed by atoms with Crippen LogP contribution >= 0.6 is 0 Å². The summed E-state index contributed by atoms with van der Waals surface area (Å²) in [6.07, 6.45) is 0.977. The summed E-state index contributed by atoms with van der Waals surface area (Å²) < 4.78 is 5.54. The van der Waals surface area contributed by atoms with Gasteiger partial charge in [-0.2, -0.15) is 0 Å². The van der Waals surface area contributed by atoms with Crippen LogP contribution in [0.25, 0.3) is 0 Å². The fourth-order valence-electron chi connectivity index (χ4n) is 1.65. The molecule has 1 aliphatic rings. The van der Waals surface area contributed by atoms with Crippen molar-refractivity contribution in [3.63, 3.8) is 0 Å². The zero-order valence-electron chi connectivity index (χ0n) is 8.92. The van der Waals surface area contributed by atoms with E-state index in [4.69, 9.17) is 9.84 Å². The van der Waals surface area contributed by atoms with E-state index < -0.39 is 0 Å². The highest BCUT2D eigenvalue weighted by Gasteiger charge is 2.27. The minimum atomic E-state index is 0.220. The van der Waals surface area contributed by atoms with Crippen LogP contribution in [0.1, 0.15) is 27.2 Å². The lowest BCUT2D eigenvalue weighted by Crippen LogP contribution is -2.51. The molecule has 78 valence electrons. The first-order valence-electron chi connectivity index (χ1n) is 5.01. The van der Waals surface area contributed by atoms with Crippen molar-refractivity contribution in [2.45, 2.75) is 38.8 Å². The molecule has 1 heterocycles.